The fourth-order valence-electron chi connectivity index (χ4n) is 17.0. The van der Waals surface area contributed by atoms with Gasteiger partial charge in [-0.1, -0.05) is 50.6 Å². The van der Waals surface area contributed by atoms with E-state index in [1.54, 1.807) is 47.6 Å². The highest BCUT2D eigenvalue weighted by molar-refractivity contribution is 6.26. The van der Waals surface area contributed by atoms with Gasteiger partial charge in [-0.25, -0.2) is 20.0 Å². The van der Waals surface area contributed by atoms with Crippen molar-refractivity contribution in [3.63, 3.8) is 0 Å². The predicted octanol–water partition coefficient (Wildman–Crippen LogP) is 3.83. The molecule has 31 atom stereocenters. The Labute approximate surface area is 547 Å². The number of ketones is 1. The van der Waals surface area contributed by atoms with Gasteiger partial charge < -0.3 is 97.6 Å². The number of ether oxygens (including phenoxy) is 13. The molecule has 1 saturated carbocycles. The number of carbonyl (C=O) groups is 5. The van der Waals surface area contributed by atoms with Crippen LogP contribution in [0, 0.1) is 46.1 Å². The Morgan fingerprint density at radius 2 is 1.31 bits per heavy atom. The lowest BCUT2D eigenvalue weighted by Gasteiger charge is -2.56. The van der Waals surface area contributed by atoms with Crippen LogP contribution >= 0.6 is 0 Å². The van der Waals surface area contributed by atoms with Crippen LogP contribution in [0.3, 0.4) is 0 Å². The van der Waals surface area contributed by atoms with Crippen molar-refractivity contribution >= 4 is 30.1 Å². The largest absolute Gasteiger partial charge is 0.600 e. The van der Waals surface area contributed by atoms with Gasteiger partial charge in [0.15, 0.2) is 48.7 Å². The van der Waals surface area contributed by atoms with Crippen LogP contribution in [0.25, 0.3) is 0 Å². The van der Waals surface area contributed by atoms with Gasteiger partial charge in [-0.15, -0.1) is 0 Å². The quantitative estimate of drug-likeness (QED) is 0.0306. The number of allylic oxidation sites excluding steroid dienone is 3. The Morgan fingerprint density at radius 1 is 0.713 bits per heavy atom. The van der Waals surface area contributed by atoms with Gasteiger partial charge in [-0.2, -0.15) is 0 Å². The standard InChI is InChI=1S/C67H98N2O25/c1-29-14-18-47(89-53-27-65(11,69(80)81)60(37(9)87-53)68-64(79)82-13)30(2)21-42-44(73)22-39(28-70)26-67(42)62(77)54(63(78)94-67)61(76)66(12)41(29)16-15-40-55(66)31(3)20-32(4)56(40)92-52-25-48(59(36(8)86-52)88-38(10)71)90-50-23-45(74)58(35(7)84-50)93-51-24-46(75)57(34(6)85-51)91-49-19-17-43(72)33(5)83-49/h14-16,21-22,28,31-37,40-53,55-60,69,72-76,80H,17-20,23-27H2,1-13H3,(H,68,79). The number of rotatable bonds is 14. The zero-order valence-corrected chi connectivity index (χ0v) is 55.9. The first kappa shape index (κ1) is 72.1. The molecule has 27 nitrogen and oxygen atoms in total. The number of quaternary nitrogens is 1. The molecule has 0 aromatic heterocycles. The SMILES string of the molecule is COC(=O)NC1C(C)OC(OC2CC=C(C)C3C=CC4C(OC5CC(OC6CC(O)C(OC7CC(O)C(OC8CCC(O)C(C)O8)C(C)O7)C(C)O6)C(OC(C)=O)C(C)O5)C(C)CC(C)C4C3(C)C(O)=C3C(=O)OC4(CC(C=O)=CC(O)C4C=C2C)C3=O)CC1(C)[NH+]([O-])O. The minimum Gasteiger partial charge on any atom is -0.600 e. The minimum atomic E-state index is -2.21. The molecule has 1 amide bonds. The summed E-state index contributed by atoms with van der Waals surface area (Å²) in [6.07, 6.45) is -8.27. The van der Waals surface area contributed by atoms with Gasteiger partial charge in [-0.3, -0.25) is 14.4 Å². The molecule has 10 aliphatic rings. The Hall–Kier alpha value is -4.63. The monoisotopic (exact) mass is 1330 g/mol. The Bertz CT molecular complexity index is 2930. The lowest BCUT2D eigenvalue weighted by atomic mass is 9.49. The second-order valence-corrected chi connectivity index (χ2v) is 28.5. The lowest BCUT2D eigenvalue weighted by Crippen LogP contribution is -3.17. The van der Waals surface area contributed by atoms with Gasteiger partial charge in [0.25, 0.3) is 0 Å². The highest BCUT2D eigenvalue weighted by Crippen LogP contribution is 2.61. The van der Waals surface area contributed by atoms with Crippen LogP contribution in [-0.2, 0) is 80.8 Å². The molecule has 2 bridgehead atoms. The maximum Gasteiger partial charge on any atom is 0.407 e. The summed E-state index contributed by atoms with van der Waals surface area (Å²) < 4.78 is 81.1. The molecule has 6 heterocycles. The molecule has 526 valence electrons. The van der Waals surface area contributed by atoms with Crippen LogP contribution in [0.2, 0.25) is 0 Å². The first-order valence-electron chi connectivity index (χ1n) is 33.2. The van der Waals surface area contributed by atoms with E-state index in [0.717, 1.165) is 7.11 Å². The predicted molar refractivity (Wildman–Crippen MR) is 326 cm³/mol. The first-order chi connectivity index (χ1) is 44.3. The van der Waals surface area contributed by atoms with Crippen LogP contribution in [0.1, 0.15) is 141 Å². The number of Topliss-reactive ketones (excluding diaryl/α,β-unsaturated/α-hetero) is 1. The molecule has 4 aliphatic carbocycles. The zero-order valence-electron chi connectivity index (χ0n) is 55.9. The van der Waals surface area contributed by atoms with E-state index < -0.39 is 216 Å². The number of aliphatic hydroxyl groups excluding tert-OH is 5. The number of nitrogens with one attached hydrogen (secondary N) is 2. The molecule has 8 N–H and O–H groups in total. The summed E-state index contributed by atoms with van der Waals surface area (Å²) in [6, 6.07) is -1.03. The van der Waals surface area contributed by atoms with Crippen LogP contribution in [0.5, 0.6) is 0 Å². The molecule has 0 aromatic carbocycles. The smallest absolute Gasteiger partial charge is 0.407 e. The number of aldehydes is 1. The molecule has 6 saturated heterocycles. The molecular formula is C67H98N2O25. The number of hydrogen-bond donors (Lipinski definition) is 8. The van der Waals surface area contributed by atoms with Crippen LogP contribution in [0.15, 0.2) is 58.4 Å². The number of hydroxylamine groups is 2. The summed E-state index contributed by atoms with van der Waals surface area (Å²) in [4.78, 5) is 68.1. The molecule has 1 spiro atoms. The molecule has 6 aliphatic heterocycles. The maximum atomic E-state index is 15.6. The molecule has 0 aromatic rings. The summed E-state index contributed by atoms with van der Waals surface area (Å²) >= 11 is 0. The van der Waals surface area contributed by atoms with E-state index in [0.29, 0.717) is 36.7 Å². The van der Waals surface area contributed by atoms with Crippen molar-refractivity contribution in [1.82, 2.24) is 5.32 Å². The van der Waals surface area contributed by atoms with Crippen molar-refractivity contribution in [2.24, 2.45) is 40.9 Å². The van der Waals surface area contributed by atoms with E-state index in [1.807, 2.05) is 39.0 Å². The fraction of sp³-hybridized carbons (Fsp3) is 0.776. The number of amides is 1. The molecule has 10 rings (SSSR count). The van der Waals surface area contributed by atoms with Crippen molar-refractivity contribution in [3.8, 4) is 0 Å². The second-order valence-electron chi connectivity index (χ2n) is 28.5. The summed E-state index contributed by atoms with van der Waals surface area (Å²) in [5.41, 5.74) is -4.76. The van der Waals surface area contributed by atoms with Gasteiger partial charge in [0, 0.05) is 56.3 Å². The normalized spacial score (nSPS) is 47.1. The van der Waals surface area contributed by atoms with Crippen LogP contribution in [0.4, 0.5) is 4.79 Å². The average Bonchev–Trinajstić information content (AvgIpc) is 1.35. The summed E-state index contributed by atoms with van der Waals surface area (Å²) in [5.74, 6) is -6.65. The lowest BCUT2D eigenvalue weighted by molar-refractivity contribution is -1.09. The van der Waals surface area contributed by atoms with E-state index in [4.69, 9.17) is 61.6 Å². The zero-order chi connectivity index (χ0) is 68.4. The van der Waals surface area contributed by atoms with Crippen molar-refractivity contribution in [3.05, 3.63) is 63.6 Å². The highest BCUT2D eigenvalue weighted by Gasteiger charge is 2.65. The van der Waals surface area contributed by atoms with Gasteiger partial charge in [0.05, 0.1) is 86.6 Å². The van der Waals surface area contributed by atoms with Crippen molar-refractivity contribution in [2.45, 2.75) is 281 Å². The van der Waals surface area contributed by atoms with Crippen LogP contribution in [-0.4, -0.2) is 208 Å². The number of methoxy groups -OCH3 is 1. The third-order valence-corrected chi connectivity index (χ3v) is 21.9. The molecule has 27 heteroatoms. The van der Waals surface area contributed by atoms with Crippen LogP contribution < -0.4 is 10.5 Å². The highest BCUT2D eigenvalue weighted by atomic mass is 16.8. The number of fused-ring (bicyclic) bond motifs is 4. The number of esters is 2. The summed E-state index contributed by atoms with van der Waals surface area (Å²) in [5, 5.41) is 83.4. The van der Waals surface area contributed by atoms with Gasteiger partial charge in [0.2, 0.25) is 5.78 Å². The van der Waals surface area contributed by atoms with E-state index >= 15 is 4.79 Å². The van der Waals surface area contributed by atoms with E-state index in [9.17, 15) is 55.1 Å². The van der Waals surface area contributed by atoms with E-state index in [1.165, 1.54) is 19.9 Å². The fourth-order valence-corrected chi connectivity index (χ4v) is 17.0. The third-order valence-electron chi connectivity index (χ3n) is 21.9. The Morgan fingerprint density at radius 3 is 1.91 bits per heavy atom. The average molecular weight is 1330 g/mol. The Balaban J connectivity index is 0.910. The molecule has 31 unspecified atom stereocenters. The summed E-state index contributed by atoms with van der Waals surface area (Å²) in [7, 11) is 1.16. The number of hydrogen-bond acceptors (Lipinski definition) is 25. The third kappa shape index (κ3) is 14.1. The number of aliphatic hydroxyl groups is 5. The van der Waals surface area contributed by atoms with E-state index in [-0.39, 0.29) is 49.5 Å². The van der Waals surface area contributed by atoms with Gasteiger partial charge in [0.1, 0.15) is 42.0 Å². The van der Waals surface area contributed by atoms with Gasteiger partial charge >= 0.3 is 18.0 Å². The topological polar surface area (TPSA) is 366 Å². The van der Waals surface area contributed by atoms with Crippen molar-refractivity contribution < 1.29 is 122 Å². The summed E-state index contributed by atoms with van der Waals surface area (Å²) in [6.45, 7) is 20.8. The van der Waals surface area contributed by atoms with Crippen molar-refractivity contribution in [1.29, 1.82) is 0 Å². The van der Waals surface area contributed by atoms with Gasteiger partial charge in [-0.05, 0) is 110 Å². The number of alkyl carbamates (subject to hydrolysis) is 1. The van der Waals surface area contributed by atoms with E-state index in [2.05, 4.69) is 12.2 Å². The molecule has 0 radical (unpaired) electrons. The molecular weight excluding hydrogens is 1230 g/mol. The molecule has 7 fully saturated rings. The maximum absolute atomic E-state index is 15.6. The van der Waals surface area contributed by atoms with Crippen molar-refractivity contribution in [2.75, 3.05) is 7.11 Å². The number of carbonyl (C=O) groups excluding carboxylic acids is 5. The molecule has 94 heavy (non-hydrogen) atoms. The Kier molecular flexibility index (Phi) is 22.0. The minimum absolute atomic E-state index is 0.00521. The second kappa shape index (κ2) is 28.7. The first-order valence-corrected chi connectivity index (χ1v) is 33.2.